The molecule has 1 amide bonds. The van der Waals surface area contributed by atoms with E-state index in [9.17, 15) is 19.3 Å². The predicted octanol–water partition coefficient (Wildman–Crippen LogP) is 2.75. The largest absolute Gasteiger partial charge is 0.484 e. The lowest BCUT2D eigenvalue weighted by atomic mass is 10.3. The summed E-state index contributed by atoms with van der Waals surface area (Å²) in [5.41, 5.74) is 0.315. The average Bonchev–Trinajstić information content (AvgIpc) is 2.48. The maximum absolute atomic E-state index is 12.7. The molecule has 6 nitrogen and oxygen atoms in total. The number of nitrogens with one attached hydrogen (secondary N) is 1. The number of carbonyl (C=O) groups is 1. The van der Waals surface area contributed by atoms with E-state index in [1.54, 1.807) is 0 Å². The molecule has 0 saturated carbocycles. The lowest BCUT2D eigenvalue weighted by Gasteiger charge is -2.07. The Morgan fingerprint density at radius 3 is 2.62 bits per heavy atom. The second-order valence-electron chi connectivity index (χ2n) is 4.10. The zero-order valence-corrected chi connectivity index (χ0v) is 10.8. The molecule has 7 heteroatoms. The van der Waals surface area contributed by atoms with Gasteiger partial charge in [-0.2, -0.15) is 0 Å². The number of ether oxygens (including phenoxy) is 1. The van der Waals surface area contributed by atoms with E-state index in [1.807, 2.05) is 0 Å². The standard InChI is InChI=1S/C14H11FN2O4/c15-10-4-6-11(7-5-10)16-14(18)9-21-13-3-1-2-12(8-13)17(19)20/h1-8H,9H2,(H,16,18). The molecule has 0 aliphatic carbocycles. The Hall–Kier alpha value is -2.96. The Kier molecular flexibility index (Phi) is 4.45. The maximum atomic E-state index is 12.7. The van der Waals surface area contributed by atoms with Crippen LogP contribution in [-0.2, 0) is 4.79 Å². The molecule has 2 rings (SSSR count). The van der Waals surface area contributed by atoms with Crippen molar-refractivity contribution < 1.29 is 18.8 Å². The van der Waals surface area contributed by atoms with Gasteiger partial charge < -0.3 is 10.1 Å². The highest BCUT2D eigenvalue weighted by Crippen LogP contribution is 2.19. The lowest BCUT2D eigenvalue weighted by molar-refractivity contribution is -0.384. The van der Waals surface area contributed by atoms with Gasteiger partial charge in [0, 0.05) is 11.8 Å². The minimum atomic E-state index is -0.550. The van der Waals surface area contributed by atoms with Gasteiger partial charge in [-0.25, -0.2) is 4.39 Å². The summed E-state index contributed by atoms with van der Waals surface area (Å²) in [7, 11) is 0. The summed E-state index contributed by atoms with van der Waals surface area (Å²) in [5.74, 6) is -0.632. The van der Waals surface area contributed by atoms with Gasteiger partial charge in [0.15, 0.2) is 6.61 Å². The molecule has 0 saturated heterocycles. The zero-order chi connectivity index (χ0) is 15.2. The van der Waals surface area contributed by atoms with Crippen LogP contribution < -0.4 is 10.1 Å². The molecule has 0 bridgehead atoms. The quantitative estimate of drug-likeness (QED) is 0.678. The molecular formula is C14H11FN2O4. The normalized spacial score (nSPS) is 9.95. The zero-order valence-electron chi connectivity index (χ0n) is 10.8. The smallest absolute Gasteiger partial charge is 0.273 e. The van der Waals surface area contributed by atoms with Gasteiger partial charge in [-0.3, -0.25) is 14.9 Å². The number of halogens is 1. The van der Waals surface area contributed by atoms with Crippen molar-refractivity contribution in [3.05, 3.63) is 64.5 Å². The first-order chi connectivity index (χ1) is 10.0. The monoisotopic (exact) mass is 290 g/mol. The molecule has 108 valence electrons. The summed E-state index contributed by atoms with van der Waals surface area (Å²) >= 11 is 0. The second kappa shape index (κ2) is 6.47. The van der Waals surface area contributed by atoms with Crippen molar-refractivity contribution in [1.29, 1.82) is 0 Å². The van der Waals surface area contributed by atoms with E-state index in [4.69, 9.17) is 4.74 Å². The van der Waals surface area contributed by atoms with Gasteiger partial charge in [0.25, 0.3) is 11.6 Å². The van der Waals surface area contributed by atoms with Crippen LogP contribution in [0.25, 0.3) is 0 Å². The molecule has 0 heterocycles. The van der Waals surface area contributed by atoms with Crippen LogP contribution >= 0.6 is 0 Å². The minimum Gasteiger partial charge on any atom is -0.484 e. The third-order valence-corrected chi connectivity index (χ3v) is 2.53. The van der Waals surface area contributed by atoms with Crippen molar-refractivity contribution in [1.82, 2.24) is 0 Å². The molecular weight excluding hydrogens is 279 g/mol. The van der Waals surface area contributed by atoms with E-state index in [-0.39, 0.29) is 18.0 Å². The summed E-state index contributed by atoms with van der Waals surface area (Å²) in [4.78, 5) is 21.7. The molecule has 0 atom stereocenters. The molecule has 2 aromatic rings. The SMILES string of the molecule is O=C(COc1cccc([N+](=O)[O-])c1)Nc1ccc(F)cc1. The molecule has 0 aliphatic heterocycles. The first kappa shape index (κ1) is 14.4. The van der Waals surface area contributed by atoms with E-state index >= 15 is 0 Å². The van der Waals surface area contributed by atoms with Crippen LogP contribution in [0.2, 0.25) is 0 Å². The molecule has 0 aromatic heterocycles. The van der Waals surface area contributed by atoms with Crippen molar-refractivity contribution in [2.75, 3.05) is 11.9 Å². The third-order valence-electron chi connectivity index (χ3n) is 2.53. The minimum absolute atomic E-state index is 0.119. The summed E-state index contributed by atoms with van der Waals surface area (Å²) < 4.78 is 17.9. The number of carbonyl (C=O) groups excluding carboxylic acids is 1. The van der Waals surface area contributed by atoms with E-state index in [0.29, 0.717) is 5.69 Å². The maximum Gasteiger partial charge on any atom is 0.273 e. The van der Waals surface area contributed by atoms with Gasteiger partial charge in [-0.05, 0) is 30.3 Å². The molecule has 21 heavy (non-hydrogen) atoms. The van der Waals surface area contributed by atoms with Crippen LogP contribution in [0.15, 0.2) is 48.5 Å². The highest BCUT2D eigenvalue weighted by atomic mass is 19.1. The fraction of sp³-hybridized carbons (Fsp3) is 0.0714. The number of nitro groups is 1. The molecule has 0 radical (unpaired) electrons. The van der Waals surface area contributed by atoms with Crippen LogP contribution in [0, 0.1) is 15.9 Å². The van der Waals surface area contributed by atoms with Crippen molar-refractivity contribution in [3.8, 4) is 5.75 Å². The number of non-ortho nitro benzene ring substituents is 1. The summed E-state index contributed by atoms with van der Waals surface area (Å²) in [6, 6.07) is 10.8. The number of rotatable bonds is 5. The van der Waals surface area contributed by atoms with Gasteiger partial charge >= 0.3 is 0 Å². The number of hydrogen-bond acceptors (Lipinski definition) is 4. The topological polar surface area (TPSA) is 81.5 Å². The molecule has 1 N–H and O–H groups in total. The molecule has 2 aromatic carbocycles. The van der Waals surface area contributed by atoms with Crippen LogP contribution in [0.5, 0.6) is 5.75 Å². The van der Waals surface area contributed by atoms with Crippen LogP contribution in [0.1, 0.15) is 0 Å². The van der Waals surface area contributed by atoms with Crippen molar-refractivity contribution in [3.63, 3.8) is 0 Å². The van der Waals surface area contributed by atoms with Crippen molar-refractivity contribution >= 4 is 17.3 Å². The van der Waals surface area contributed by atoms with E-state index in [1.165, 1.54) is 48.5 Å². The summed E-state index contributed by atoms with van der Waals surface area (Å²) in [6.07, 6.45) is 0. The van der Waals surface area contributed by atoms with Crippen LogP contribution in [0.3, 0.4) is 0 Å². The van der Waals surface area contributed by atoms with E-state index in [0.717, 1.165) is 0 Å². The highest BCUT2D eigenvalue weighted by Gasteiger charge is 2.08. The Balaban J connectivity index is 1.90. The number of nitrogens with zero attached hydrogens (tertiary/aromatic N) is 1. The molecule has 0 unspecified atom stereocenters. The average molecular weight is 290 g/mol. The predicted molar refractivity (Wildman–Crippen MR) is 73.6 cm³/mol. The first-order valence-corrected chi connectivity index (χ1v) is 5.97. The lowest BCUT2D eigenvalue weighted by Crippen LogP contribution is -2.20. The number of hydrogen-bond donors (Lipinski definition) is 1. The van der Waals surface area contributed by atoms with E-state index in [2.05, 4.69) is 5.32 Å². The van der Waals surface area contributed by atoms with Gasteiger partial charge in [-0.15, -0.1) is 0 Å². The van der Waals surface area contributed by atoms with Crippen molar-refractivity contribution in [2.45, 2.75) is 0 Å². The first-order valence-electron chi connectivity index (χ1n) is 5.97. The third kappa shape index (κ3) is 4.27. The van der Waals surface area contributed by atoms with Gasteiger partial charge in [0.05, 0.1) is 11.0 Å². The van der Waals surface area contributed by atoms with Crippen LogP contribution in [-0.4, -0.2) is 17.4 Å². The van der Waals surface area contributed by atoms with Gasteiger partial charge in [0.1, 0.15) is 11.6 Å². The van der Waals surface area contributed by atoms with Gasteiger partial charge in [0.2, 0.25) is 0 Å². The Bertz CT molecular complexity index is 658. The number of amides is 1. The second-order valence-corrected chi connectivity index (χ2v) is 4.10. The number of nitro benzene ring substituents is 1. The highest BCUT2D eigenvalue weighted by molar-refractivity contribution is 5.91. The van der Waals surface area contributed by atoms with Crippen LogP contribution in [0.4, 0.5) is 15.8 Å². The number of anilines is 1. The molecule has 0 fully saturated rings. The Labute approximate surface area is 119 Å². The Morgan fingerprint density at radius 1 is 1.24 bits per heavy atom. The summed E-state index contributed by atoms with van der Waals surface area (Å²) in [5, 5.41) is 13.1. The fourth-order valence-corrected chi connectivity index (χ4v) is 1.57. The summed E-state index contributed by atoms with van der Waals surface area (Å²) in [6.45, 7) is -0.307. The van der Waals surface area contributed by atoms with Gasteiger partial charge in [-0.1, -0.05) is 6.07 Å². The van der Waals surface area contributed by atoms with E-state index < -0.39 is 16.6 Å². The Morgan fingerprint density at radius 2 is 1.95 bits per heavy atom. The van der Waals surface area contributed by atoms with Crippen molar-refractivity contribution in [2.24, 2.45) is 0 Å². The fourth-order valence-electron chi connectivity index (χ4n) is 1.57. The number of benzene rings is 2. The molecule has 0 aliphatic rings. The molecule has 0 spiro atoms.